The van der Waals surface area contributed by atoms with Crippen LogP contribution in [-0.4, -0.2) is 71.1 Å². The van der Waals surface area contributed by atoms with Gasteiger partial charge in [-0.1, -0.05) is 13.8 Å². The Morgan fingerprint density at radius 1 is 1.00 bits per heavy atom. The summed E-state index contributed by atoms with van der Waals surface area (Å²) in [5.74, 6) is -4.21. The van der Waals surface area contributed by atoms with E-state index in [0.29, 0.717) is 6.42 Å². The van der Waals surface area contributed by atoms with Crippen molar-refractivity contribution >= 4 is 29.6 Å². The van der Waals surface area contributed by atoms with Crippen LogP contribution in [0.5, 0.6) is 0 Å². The van der Waals surface area contributed by atoms with Crippen molar-refractivity contribution in [3.63, 3.8) is 0 Å². The summed E-state index contributed by atoms with van der Waals surface area (Å²) in [6.07, 6.45) is -0.0534. The van der Waals surface area contributed by atoms with Gasteiger partial charge in [0.25, 0.3) is 0 Å². The number of carbonyl (C=O) groups excluding carboxylic acids is 4. The highest BCUT2D eigenvalue weighted by atomic mass is 16.4. The molecule has 0 fully saturated rings. The monoisotopic (exact) mass is 403 g/mol. The number of hydrogen-bond acceptors (Lipinski definition) is 7. The van der Waals surface area contributed by atoms with Crippen LogP contribution in [0, 0.1) is 5.92 Å². The van der Waals surface area contributed by atoms with Crippen molar-refractivity contribution in [2.45, 2.75) is 51.2 Å². The summed E-state index contributed by atoms with van der Waals surface area (Å²) in [4.78, 5) is 57.5. The molecule has 160 valence electrons. The van der Waals surface area contributed by atoms with Crippen molar-refractivity contribution < 1.29 is 34.2 Å². The number of hydrogen-bond donors (Lipinski definition) is 7. The summed E-state index contributed by atoms with van der Waals surface area (Å²) in [6, 6.07) is -3.52. The molecule has 0 aromatic heterocycles. The van der Waals surface area contributed by atoms with Crippen molar-refractivity contribution in [1.29, 1.82) is 0 Å². The molecule has 0 aliphatic rings. The van der Waals surface area contributed by atoms with Gasteiger partial charge in [0.2, 0.25) is 23.6 Å². The van der Waals surface area contributed by atoms with E-state index in [1.54, 1.807) is 0 Å². The fourth-order valence-electron chi connectivity index (χ4n) is 2.17. The van der Waals surface area contributed by atoms with Crippen LogP contribution in [0.1, 0.15) is 33.1 Å². The number of carboxylic acid groups (broad SMARTS) is 1. The summed E-state index contributed by atoms with van der Waals surface area (Å²) in [7, 11) is 0. The molecule has 12 nitrogen and oxygen atoms in total. The van der Waals surface area contributed by atoms with Crippen molar-refractivity contribution in [3.05, 3.63) is 0 Å². The molecule has 0 radical (unpaired) electrons. The molecule has 0 aromatic carbocycles. The van der Waals surface area contributed by atoms with Crippen LogP contribution < -0.4 is 27.4 Å². The van der Waals surface area contributed by atoms with E-state index >= 15 is 0 Å². The molecule has 12 heteroatoms. The van der Waals surface area contributed by atoms with Gasteiger partial charge in [-0.15, -0.1) is 0 Å². The molecular formula is C16H29N5O7. The molecule has 0 saturated heterocycles. The first-order valence-corrected chi connectivity index (χ1v) is 8.72. The van der Waals surface area contributed by atoms with Crippen LogP contribution in [-0.2, 0) is 24.0 Å². The van der Waals surface area contributed by atoms with E-state index in [4.69, 9.17) is 16.6 Å². The average molecular weight is 403 g/mol. The molecule has 4 amide bonds. The number of aliphatic carboxylic acids is 1. The molecule has 3 atom stereocenters. The zero-order valence-electron chi connectivity index (χ0n) is 15.9. The lowest BCUT2D eigenvalue weighted by Crippen LogP contribution is -2.55. The molecule has 3 unspecified atom stereocenters. The van der Waals surface area contributed by atoms with Crippen molar-refractivity contribution in [1.82, 2.24) is 16.0 Å². The van der Waals surface area contributed by atoms with Gasteiger partial charge in [-0.05, 0) is 18.8 Å². The summed E-state index contributed by atoms with van der Waals surface area (Å²) in [5.41, 5.74) is 10.6. The van der Waals surface area contributed by atoms with Crippen molar-refractivity contribution in [2.75, 3.05) is 13.2 Å². The number of aliphatic hydroxyl groups is 1. The lowest BCUT2D eigenvalue weighted by Gasteiger charge is -2.20. The number of primary amides is 1. The minimum Gasteiger partial charge on any atom is -0.480 e. The lowest BCUT2D eigenvalue weighted by molar-refractivity contribution is -0.142. The predicted octanol–water partition coefficient (Wildman–Crippen LogP) is -3.21. The summed E-state index contributed by atoms with van der Waals surface area (Å²) >= 11 is 0. The molecule has 0 saturated carbocycles. The van der Waals surface area contributed by atoms with E-state index in [0.717, 1.165) is 0 Å². The molecule has 0 spiro atoms. The Kier molecular flexibility index (Phi) is 11.4. The molecule has 0 heterocycles. The third kappa shape index (κ3) is 10.4. The molecule has 0 aliphatic heterocycles. The standard InChI is InChI=1S/C16H29N5O7/c1-8(2)5-9(17)14(25)21-11(7-22)15(26)19-6-13(24)20-10(16(27)28)3-4-12(18)23/h8-11,22H,3-7,17H2,1-2H3,(H2,18,23)(H,19,26)(H,20,24)(H,21,25)(H,27,28). The van der Waals surface area contributed by atoms with Crippen molar-refractivity contribution in [2.24, 2.45) is 17.4 Å². The van der Waals surface area contributed by atoms with E-state index in [2.05, 4.69) is 16.0 Å². The Bertz CT molecular complexity index is 582. The number of amides is 4. The summed E-state index contributed by atoms with van der Waals surface area (Å²) in [5, 5.41) is 24.9. The Labute approximate surface area is 162 Å². The number of rotatable bonds is 13. The number of nitrogens with two attached hydrogens (primary N) is 2. The number of carbonyl (C=O) groups is 5. The Morgan fingerprint density at radius 2 is 1.61 bits per heavy atom. The van der Waals surface area contributed by atoms with Gasteiger partial charge in [-0.2, -0.15) is 0 Å². The highest BCUT2D eigenvalue weighted by Gasteiger charge is 2.25. The van der Waals surface area contributed by atoms with E-state index in [1.165, 1.54) is 0 Å². The zero-order chi connectivity index (χ0) is 21.9. The smallest absolute Gasteiger partial charge is 0.326 e. The van der Waals surface area contributed by atoms with Gasteiger partial charge < -0.3 is 37.6 Å². The summed E-state index contributed by atoms with van der Waals surface area (Å²) in [6.45, 7) is 2.43. The molecule has 28 heavy (non-hydrogen) atoms. The lowest BCUT2D eigenvalue weighted by atomic mass is 10.0. The second kappa shape index (κ2) is 12.6. The van der Waals surface area contributed by atoms with E-state index in [-0.39, 0.29) is 18.8 Å². The Balaban J connectivity index is 4.57. The second-order valence-electron chi connectivity index (χ2n) is 6.66. The average Bonchev–Trinajstić information content (AvgIpc) is 2.59. The number of nitrogens with one attached hydrogen (secondary N) is 3. The predicted molar refractivity (Wildman–Crippen MR) is 97.5 cm³/mol. The van der Waals surface area contributed by atoms with Gasteiger partial charge >= 0.3 is 5.97 Å². The van der Waals surface area contributed by atoms with Gasteiger partial charge in [0.1, 0.15) is 12.1 Å². The maximum absolute atomic E-state index is 12.0. The van der Waals surface area contributed by atoms with E-state index < -0.39 is 60.9 Å². The van der Waals surface area contributed by atoms with Gasteiger partial charge in [0, 0.05) is 6.42 Å². The van der Waals surface area contributed by atoms with Crippen LogP contribution in [0.25, 0.3) is 0 Å². The highest BCUT2D eigenvalue weighted by molar-refractivity contribution is 5.92. The van der Waals surface area contributed by atoms with Crippen molar-refractivity contribution in [3.8, 4) is 0 Å². The summed E-state index contributed by atoms with van der Waals surface area (Å²) < 4.78 is 0. The molecule has 0 bridgehead atoms. The van der Waals surface area contributed by atoms with Crippen LogP contribution in [0.15, 0.2) is 0 Å². The zero-order valence-corrected chi connectivity index (χ0v) is 15.9. The van der Waals surface area contributed by atoms with E-state index in [1.807, 2.05) is 13.8 Å². The first-order chi connectivity index (χ1) is 13.0. The van der Waals surface area contributed by atoms with Crippen LogP contribution in [0.3, 0.4) is 0 Å². The van der Waals surface area contributed by atoms with Crippen LogP contribution in [0.2, 0.25) is 0 Å². The molecule has 0 rings (SSSR count). The molecule has 0 aromatic rings. The minimum absolute atomic E-state index is 0.155. The highest BCUT2D eigenvalue weighted by Crippen LogP contribution is 2.03. The largest absolute Gasteiger partial charge is 0.480 e. The normalized spacial score (nSPS) is 13.9. The molecule has 9 N–H and O–H groups in total. The maximum atomic E-state index is 12.0. The first kappa shape index (κ1) is 25.3. The van der Waals surface area contributed by atoms with Crippen LogP contribution in [0.4, 0.5) is 0 Å². The number of aliphatic hydroxyl groups excluding tert-OH is 1. The fourth-order valence-corrected chi connectivity index (χ4v) is 2.17. The second-order valence-corrected chi connectivity index (χ2v) is 6.66. The third-order valence-corrected chi connectivity index (χ3v) is 3.61. The first-order valence-electron chi connectivity index (χ1n) is 8.72. The van der Waals surface area contributed by atoms with E-state index in [9.17, 15) is 29.1 Å². The quantitative estimate of drug-likeness (QED) is 0.166. The molecular weight excluding hydrogens is 374 g/mol. The Morgan fingerprint density at radius 3 is 2.07 bits per heavy atom. The van der Waals surface area contributed by atoms with Crippen LogP contribution >= 0.6 is 0 Å². The van der Waals surface area contributed by atoms with Gasteiger partial charge in [-0.3, -0.25) is 19.2 Å². The topological polar surface area (TPSA) is 214 Å². The van der Waals surface area contributed by atoms with Gasteiger partial charge in [-0.25, -0.2) is 4.79 Å². The third-order valence-electron chi connectivity index (χ3n) is 3.61. The van der Waals surface area contributed by atoms with Gasteiger partial charge in [0.05, 0.1) is 19.2 Å². The molecule has 0 aliphatic carbocycles. The minimum atomic E-state index is -1.36. The number of carboxylic acids is 1. The van der Waals surface area contributed by atoms with Gasteiger partial charge in [0.15, 0.2) is 0 Å². The SMILES string of the molecule is CC(C)CC(N)C(=O)NC(CO)C(=O)NCC(=O)NC(CCC(N)=O)C(=O)O. The maximum Gasteiger partial charge on any atom is 0.326 e. The Hall–Kier alpha value is -2.73. The fraction of sp³-hybridized carbons (Fsp3) is 0.688.